The molecule has 0 amide bonds. The molecule has 0 radical (unpaired) electrons. The SMILES string of the molecule is COc1ccc(C(=O)CCCCl)cc1C. The standard InChI is InChI=1S/C12H15ClO2/c1-9-8-10(5-6-12(9)15-2)11(14)4-3-7-13/h5-6,8H,3-4,7H2,1-2H3. The number of ether oxygens (including phenoxy) is 1. The highest BCUT2D eigenvalue weighted by Crippen LogP contribution is 2.19. The monoisotopic (exact) mass is 226 g/mol. The predicted octanol–water partition coefficient (Wildman–Crippen LogP) is 3.21. The molecule has 0 fully saturated rings. The summed E-state index contributed by atoms with van der Waals surface area (Å²) in [4.78, 5) is 11.7. The number of rotatable bonds is 5. The van der Waals surface area contributed by atoms with Crippen LogP contribution in [0.25, 0.3) is 0 Å². The summed E-state index contributed by atoms with van der Waals surface area (Å²) < 4.78 is 5.13. The van der Waals surface area contributed by atoms with E-state index in [-0.39, 0.29) is 5.78 Å². The molecule has 0 bridgehead atoms. The number of hydrogen-bond acceptors (Lipinski definition) is 2. The molecule has 2 nitrogen and oxygen atoms in total. The highest BCUT2D eigenvalue weighted by molar-refractivity contribution is 6.18. The van der Waals surface area contributed by atoms with Crippen molar-refractivity contribution in [2.75, 3.05) is 13.0 Å². The lowest BCUT2D eigenvalue weighted by Gasteiger charge is -2.06. The van der Waals surface area contributed by atoms with Gasteiger partial charge in [-0.05, 0) is 37.1 Å². The summed E-state index contributed by atoms with van der Waals surface area (Å²) in [7, 11) is 1.62. The fourth-order valence-corrected chi connectivity index (χ4v) is 1.56. The Bertz CT molecular complexity index is 347. The molecule has 3 heteroatoms. The zero-order valence-corrected chi connectivity index (χ0v) is 9.80. The number of alkyl halides is 1. The first-order valence-electron chi connectivity index (χ1n) is 4.93. The van der Waals surface area contributed by atoms with Gasteiger partial charge in [-0.3, -0.25) is 4.79 Å². The number of carbonyl (C=O) groups excluding carboxylic acids is 1. The van der Waals surface area contributed by atoms with Gasteiger partial charge >= 0.3 is 0 Å². The number of hydrogen-bond donors (Lipinski definition) is 0. The van der Waals surface area contributed by atoms with Crippen molar-refractivity contribution in [3.8, 4) is 5.75 Å². The van der Waals surface area contributed by atoms with Gasteiger partial charge in [0.15, 0.2) is 5.78 Å². The van der Waals surface area contributed by atoms with Crippen LogP contribution in [-0.4, -0.2) is 18.8 Å². The highest BCUT2D eigenvalue weighted by Gasteiger charge is 2.07. The molecule has 0 N–H and O–H groups in total. The molecule has 1 aromatic carbocycles. The Kier molecular flexibility index (Phi) is 4.63. The third-order valence-corrected chi connectivity index (χ3v) is 2.52. The van der Waals surface area contributed by atoms with Gasteiger partial charge in [-0.2, -0.15) is 0 Å². The Morgan fingerprint density at radius 3 is 2.73 bits per heavy atom. The normalized spacial score (nSPS) is 10.1. The van der Waals surface area contributed by atoms with E-state index >= 15 is 0 Å². The lowest BCUT2D eigenvalue weighted by atomic mass is 10.0. The summed E-state index contributed by atoms with van der Waals surface area (Å²) in [6.45, 7) is 1.93. The van der Waals surface area contributed by atoms with E-state index in [4.69, 9.17) is 16.3 Å². The number of benzene rings is 1. The number of Topliss-reactive ketones (excluding diaryl/α,β-unsaturated/α-hetero) is 1. The lowest BCUT2D eigenvalue weighted by molar-refractivity contribution is 0.0982. The molecular formula is C12H15ClO2. The van der Waals surface area contributed by atoms with Gasteiger partial charge in [-0.25, -0.2) is 0 Å². The van der Waals surface area contributed by atoms with E-state index in [1.165, 1.54) is 0 Å². The molecule has 0 aliphatic rings. The minimum atomic E-state index is 0.140. The van der Waals surface area contributed by atoms with Gasteiger partial charge in [0.2, 0.25) is 0 Å². The van der Waals surface area contributed by atoms with Gasteiger partial charge < -0.3 is 4.74 Å². The number of halogens is 1. The van der Waals surface area contributed by atoms with Gasteiger partial charge in [0.05, 0.1) is 7.11 Å². The van der Waals surface area contributed by atoms with E-state index in [0.29, 0.717) is 12.3 Å². The minimum Gasteiger partial charge on any atom is -0.496 e. The Labute approximate surface area is 95.2 Å². The van der Waals surface area contributed by atoms with Crippen LogP contribution in [0, 0.1) is 6.92 Å². The van der Waals surface area contributed by atoms with E-state index in [1.807, 2.05) is 19.1 Å². The predicted molar refractivity (Wildman–Crippen MR) is 62.0 cm³/mol. The second kappa shape index (κ2) is 5.76. The third kappa shape index (κ3) is 3.24. The zero-order chi connectivity index (χ0) is 11.3. The summed E-state index contributed by atoms with van der Waals surface area (Å²) in [5.74, 6) is 1.48. The maximum atomic E-state index is 11.7. The van der Waals surface area contributed by atoms with Crippen LogP contribution in [-0.2, 0) is 0 Å². The van der Waals surface area contributed by atoms with Crippen molar-refractivity contribution in [3.05, 3.63) is 29.3 Å². The van der Waals surface area contributed by atoms with E-state index in [2.05, 4.69) is 0 Å². The molecule has 0 aliphatic heterocycles. The molecule has 0 atom stereocenters. The van der Waals surface area contributed by atoms with Crippen molar-refractivity contribution in [1.82, 2.24) is 0 Å². The average molecular weight is 227 g/mol. The molecule has 0 saturated carbocycles. The quantitative estimate of drug-likeness (QED) is 0.569. The molecule has 15 heavy (non-hydrogen) atoms. The molecule has 0 unspecified atom stereocenters. The summed E-state index contributed by atoms with van der Waals surface area (Å²) in [6, 6.07) is 5.47. The smallest absolute Gasteiger partial charge is 0.162 e. The molecular weight excluding hydrogens is 212 g/mol. The van der Waals surface area contributed by atoms with Crippen LogP contribution < -0.4 is 4.74 Å². The van der Waals surface area contributed by atoms with Crippen LogP contribution in [0.1, 0.15) is 28.8 Å². The average Bonchev–Trinajstić information content (AvgIpc) is 2.25. The van der Waals surface area contributed by atoms with E-state index in [1.54, 1.807) is 13.2 Å². The molecule has 1 rings (SSSR count). The van der Waals surface area contributed by atoms with Crippen LogP contribution in [0.15, 0.2) is 18.2 Å². The number of carbonyl (C=O) groups is 1. The lowest BCUT2D eigenvalue weighted by Crippen LogP contribution is -2.00. The fraction of sp³-hybridized carbons (Fsp3) is 0.417. The first-order valence-corrected chi connectivity index (χ1v) is 5.46. The van der Waals surface area contributed by atoms with Crippen molar-refractivity contribution in [3.63, 3.8) is 0 Å². The highest BCUT2D eigenvalue weighted by atomic mass is 35.5. The van der Waals surface area contributed by atoms with Gasteiger partial charge in [0.25, 0.3) is 0 Å². The molecule has 82 valence electrons. The van der Waals surface area contributed by atoms with E-state index in [9.17, 15) is 4.79 Å². The van der Waals surface area contributed by atoms with Crippen molar-refractivity contribution in [2.45, 2.75) is 19.8 Å². The van der Waals surface area contributed by atoms with Gasteiger partial charge in [0, 0.05) is 17.9 Å². The summed E-state index contributed by atoms with van der Waals surface area (Å²) >= 11 is 5.54. The van der Waals surface area contributed by atoms with Crippen LogP contribution >= 0.6 is 11.6 Å². The van der Waals surface area contributed by atoms with Crippen molar-refractivity contribution < 1.29 is 9.53 Å². The number of aryl methyl sites for hydroxylation is 1. The molecule has 0 heterocycles. The Balaban J connectivity index is 2.78. The maximum absolute atomic E-state index is 11.7. The van der Waals surface area contributed by atoms with E-state index < -0.39 is 0 Å². The van der Waals surface area contributed by atoms with Gasteiger partial charge in [0.1, 0.15) is 5.75 Å². The molecule has 1 aromatic rings. The number of methoxy groups -OCH3 is 1. The first kappa shape index (κ1) is 12.1. The first-order chi connectivity index (χ1) is 7.19. The van der Waals surface area contributed by atoms with Gasteiger partial charge in [-0.15, -0.1) is 11.6 Å². The fourth-order valence-electron chi connectivity index (χ4n) is 1.42. The van der Waals surface area contributed by atoms with Crippen molar-refractivity contribution in [1.29, 1.82) is 0 Å². The molecule has 0 aromatic heterocycles. The van der Waals surface area contributed by atoms with Crippen LogP contribution in [0.2, 0.25) is 0 Å². The molecule has 0 aliphatic carbocycles. The molecule has 0 spiro atoms. The topological polar surface area (TPSA) is 26.3 Å². The Morgan fingerprint density at radius 2 is 2.20 bits per heavy atom. The van der Waals surface area contributed by atoms with Crippen LogP contribution in [0.3, 0.4) is 0 Å². The minimum absolute atomic E-state index is 0.140. The third-order valence-electron chi connectivity index (χ3n) is 2.25. The van der Waals surface area contributed by atoms with Crippen LogP contribution in [0.5, 0.6) is 5.75 Å². The Morgan fingerprint density at radius 1 is 1.47 bits per heavy atom. The van der Waals surface area contributed by atoms with Crippen LogP contribution in [0.4, 0.5) is 0 Å². The second-order valence-corrected chi connectivity index (χ2v) is 3.78. The van der Waals surface area contributed by atoms with E-state index in [0.717, 1.165) is 23.3 Å². The summed E-state index contributed by atoms with van der Waals surface area (Å²) in [6.07, 6.45) is 1.24. The zero-order valence-electron chi connectivity index (χ0n) is 9.05. The summed E-state index contributed by atoms with van der Waals surface area (Å²) in [5, 5.41) is 0. The summed E-state index contributed by atoms with van der Waals surface area (Å²) in [5.41, 5.74) is 1.72. The largest absolute Gasteiger partial charge is 0.496 e. The van der Waals surface area contributed by atoms with Crippen molar-refractivity contribution in [2.24, 2.45) is 0 Å². The van der Waals surface area contributed by atoms with Crippen molar-refractivity contribution >= 4 is 17.4 Å². The van der Waals surface area contributed by atoms with Gasteiger partial charge in [-0.1, -0.05) is 0 Å². The maximum Gasteiger partial charge on any atom is 0.162 e. The second-order valence-electron chi connectivity index (χ2n) is 3.40. The Hall–Kier alpha value is -1.02. The number of ketones is 1. The molecule has 0 saturated heterocycles.